The summed E-state index contributed by atoms with van der Waals surface area (Å²) in [5.74, 6) is -0.214. The smallest absolute Gasteiger partial charge is 0.251 e. The number of fused-ring (bicyclic) bond motifs is 1. The first kappa shape index (κ1) is 37.2. The number of hydrogen-bond acceptors (Lipinski definition) is 12. The first-order valence-electron chi connectivity index (χ1n) is 15.6. The molecule has 0 aliphatic heterocycles. The summed E-state index contributed by atoms with van der Waals surface area (Å²) in [6.45, 7) is 3.31. The second kappa shape index (κ2) is 17.0. The van der Waals surface area contributed by atoms with Gasteiger partial charge in [-0.3, -0.25) is 9.69 Å². The monoisotopic (exact) mass is 643 g/mol. The predicted octanol–water partition coefficient (Wildman–Crippen LogP) is -3.82. The van der Waals surface area contributed by atoms with Crippen LogP contribution in [0.4, 0.5) is 0 Å². The Morgan fingerprint density at radius 1 is 0.844 bits per heavy atom. The minimum Gasteiger partial charge on any atom is -0.394 e. The molecular formula is C30H51N4O11+. The topological polar surface area (TPSA) is 243 Å². The minimum absolute atomic E-state index is 0.168. The number of aliphatic hydroxyl groups is 10. The van der Waals surface area contributed by atoms with Gasteiger partial charge >= 0.3 is 0 Å². The summed E-state index contributed by atoms with van der Waals surface area (Å²) in [5.41, 5.74) is 2.53. The van der Waals surface area contributed by atoms with Crippen molar-refractivity contribution < 1.29 is 60.4 Å². The van der Waals surface area contributed by atoms with Crippen LogP contribution < -0.4 is 9.88 Å². The van der Waals surface area contributed by atoms with Crippen LogP contribution >= 0.6 is 0 Å². The fourth-order valence-corrected chi connectivity index (χ4v) is 5.98. The standard InChI is InChI=1S/C30H50N4O11/c1-3-32-16-33(4-2)21-11-17(5-10-20(21)32)30(45)31-18-6-8-19(9-7-18)34(12-22(37)26(41)28(43)24(39)14-35)13-23(38)27(42)29(44)25(40)15-36/h5,10-11,16,18-19,22-29,35-44H,3-4,6-9,12-15H2,1-2H3/p+1/t18?,19?,22-,23-,24+,25+,26+,27+,28+,29+/m0/s1. The third-order valence-corrected chi connectivity index (χ3v) is 8.86. The van der Waals surface area contributed by atoms with Gasteiger partial charge in [0.2, 0.25) is 6.33 Å². The Morgan fingerprint density at radius 2 is 1.36 bits per heavy atom. The molecule has 1 aliphatic rings. The lowest BCUT2D eigenvalue weighted by molar-refractivity contribution is -0.668. The molecule has 256 valence electrons. The lowest BCUT2D eigenvalue weighted by Gasteiger charge is -2.40. The number of benzene rings is 1. The molecule has 2 aromatic rings. The van der Waals surface area contributed by atoms with Crippen LogP contribution in [-0.2, 0) is 13.1 Å². The number of aromatic nitrogens is 2. The minimum atomic E-state index is -1.86. The van der Waals surface area contributed by atoms with Gasteiger partial charge in [0.1, 0.15) is 36.6 Å². The molecule has 0 bridgehead atoms. The highest BCUT2D eigenvalue weighted by Crippen LogP contribution is 2.26. The van der Waals surface area contributed by atoms with Gasteiger partial charge in [-0.15, -0.1) is 0 Å². The molecule has 15 heteroatoms. The molecule has 0 radical (unpaired) electrons. The van der Waals surface area contributed by atoms with Crippen LogP contribution in [0.25, 0.3) is 11.0 Å². The van der Waals surface area contributed by atoms with Gasteiger partial charge in [0.05, 0.1) is 38.5 Å². The average molecular weight is 644 g/mol. The quantitative estimate of drug-likeness (QED) is 0.0744. The highest BCUT2D eigenvalue weighted by Gasteiger charge is 2.37. The van der Waals surface area contributed by atoms with Gasteiger partial charge in [-0.05, 0) is 51.7 Å². The molecule has 11 N–H and O–H groups in total. The van der Waals surface area contributed by atoms with Crippen LogP contribution in [0.5, 0.6) is 0 Å². The Hall–Kier alpha value is -2.28. The molecule has 15 nitrogen and oxygen atoms in total. The predicted molar refractivity (Wildman–Crippen MR) is 161 cm³/mol. The van der Waals surface area contributed by atoms with Crippen LogP contribution in [0.1, 0.15) is 49.9 Å². The average Bonchev–Trinajstić information content (AvgIpc) is 3.43. The maximum absolute atomic E-state index is 13.2. The van der Waals surface area contributed by atoms with Crippen molar-refractivity contribution in [3.8, 4) is 0 Å². The maximum Gasteiger partial charge on any atom is 0.251 e. The fourth-order valence-electron chi connectivity index (χ4n) is 5.98. The summed E-state index contributed by atoms with van der Waals surface area (Å²) in [7, 11) is 0. The van der Waals surface area contributed by atoms with Gasteiger partial charge in [-0.25, -0.2) is 9.13 Å². The second-order valence-electron chi connectivity index (χ2n) is 11.9. The Morgan fingerprint density at radius 3 is 1.82 bits per heavy atom. The number of carbonyl (C=O) groups excluding carboxylic acids is 1. The number of rotatable bonds is 17. The van der Waals surface area contributed by atoms with Crippen molar-refractivity contribution in [1.82, 2.24) is 14.8 Å². The van der Waals surface area contributed by atoms with Crippen molar-refractivity contribution in [2.75, 3.05) is 26.3 Å². The molecule has 8 atom stereocenters. The molecule has 0 unspecified atom stereocenters. The summed E-state index contributed by atoms with van der Waals surface area (Å²) in [5, 5.41) is 103. The molecule has 1 amide bonds. The highest BCUT2D eigenvalue weighted by atomic mass is 16.4. The summed E-state index contributed by atoms with van der Waals surface area (Å²) < 4.78 is 4.20. The zero-order valence-electron chi connectivity index (χ0n) is 25.9. The number of imidazole rings is 1. The van der Waals surface area contributed by atoms with E-state index in [2.05, 4.69) is 21.4 Å². The molecule has 0 spiro atoms. The van der Waals surface area contributed by atoms with Crippen LogP contribution in [0.2, 0.25) is 0 Å². The number of amides is 1. The van der Waals surface area contributed by atoms with E-state index in [-0.39, 0.29) is 31.1 Å². The summed E-state index contributed by atoms with van der Waals surface area (Å²) >= 11 is 0. The first-order chi connectivity index (χ1) is 21.4. The van der Waals surface area contributed by atoms with Gasteiger partial charge in [0.25, 0.3) is 5.91 Å². The highest BCUT2D eigenvalue weighted by molar-refractivity contribution is 5.97. The Kier molecular flexibility index (Phi) is 14.1. The van der Waals surface area contributed by atoms with E-state index in [1.807, 2.05) is 25.4 Å². The zero-order valence-corrected chi connectivity index (χ0v) is 25.9. The largest absolute Gasteiger partial charge is 0.394 e. The number of aliphatic hydroxyl groups excluding tert-OH is 10. The number of nitrogens with one attached hydrogen (secondary N) is 1. The van der Waals surface area contributed by atoms with E-state index in [0.717, 1.165) is 24.1 Å². The second-order valence-corrected chi connectivity index (χ2v) is 11.9. The van der Waals surface area contributed by atoms with Crippen LogP contribution in [0, 0.1) is 0 Å². The van der Waals surface area contributed by atoms with E-state index in [1.54, 1.807) is 11.0 Å². The molecule has 1 fully saturated rings. The SMILES string of the molecule is CCn1c[n+](CC)c2ccc(C(=O)NC3CCC(N(C[C@H](O)[C@@H](O)[C@H](O)[C@H](O)CO)C[C@H](O)[C@@H](O)[C@H](O)[C@H](O)CO)CC3)cc21. The van der Waals surface area contributed by atoms with E-state index < -0.39 is 62.0 Å². The third kappa shape index (κ3) is 9.17. The number of aryl methyl sites for hydroxylation is 2. The molecule has 1 heterocycles. The van der Waals surface area contributed by atoms with Crippen molar-refractivity contribution >= 4 is 16.9 Å². The van der Waals surface area contributed by atoms with Gasteiger partial charge in [-0.2, -0.15) is 0 Å². The van der Waals surface area contributed by atoms with Crippen molar-refractivity contribution in [2.24, 2.45) is 0 Å². The molecule has 45 heavy (non-hydrogen) atoms. The maximum atomic E-state index is 13.2. The Labute approximate surface area is 262 Å². The number of hydrogen-bond donors (Lipinski definition) is 11. The third-order valence-electron chi connectivity index (χ3n) is 8.86. The Balaban J connectivity index is 1.69. The molecule has 1 saturated carbocycles. The Bertz CT molecular complexity index is 1180. The van der Waals surface area contributed by atoms with Gasteiger partial charge in [0.15, 0.2) is 11.0 Å². The molecule has 1 aromatic carbocycles. The van der Waals surface area contributed by atoms with Crippen molar-refractivity contribution in [3.05, 3.63) is 30.1 Å². The molecule has 1 aliphatic carbocycles. The lowest BCUT2D eigenvalue weighted by Crippen LogP contribution is -2.56. The van der Waals surface area contributed by atoms with Gasteiger partial charge in [-0.1, -0.05) is 0 Å². The van der Waals surface area contributed by atoms with E-state index in [9.17, 15) is 45.6 Å². The zero-order chi connectivity index (χ0) is 33.4. The molecule has 0 saturated heterocycles. The molecular weight excluding hydrogens is 592 g/mol. The van der Waals surface area contributed by atoms with Gasteiger partial charge in [0, 0.05) is 36.8 Å². The number of carbonyl (C=O) groups is 1. The van der Waals surface area contributed by atoms with Crippen molar-refractivity contribution in [1.29, 1.82) is 0 Å². The van der Waals surface area contributed by atoms with E-state index >= 15 is 0 Å². The summed E-state index contributed by atoms with van der Waals surface area (Å²) in [6, 6.07) is 5.11. The lowest BCUT2D eigenvalue weighted by atomic mass is 9.89. The van der Waals surface area contributed by atoms with Crippen molar-refractivity contribution in [3.63, 3.8) is 0 Å². The molecule has 1 aromatic heterocycles. The summed E-state index contributed by atoms with van der Waals surface area (Å²) in [4.78, 5) is 14.8. The van der Waals surface area contributed by atoms with Crippen LogP contribution in [0.3, 0.4) is 0 Å². The van der Waals surface area contributed by atoms with E-state index in [4.69, 9.17) is 10.2 Å². The number of nitrogens with zero attached hydrogens (tertiary/aromatic N) is 3. The van der Waals surface area contributed by atoms with Crippen LogP contribution in [-0.4, -0.2) is 154 Å². The van der Waals surface area contributed by atoms with Crippen molar-refractivity contribution in [2.45, 2.75) is 114 Å². The first-order valence-corrected chi connectivity index (χ1v) is 15.6. The van der Waals surface area contributed by atoms with Crippen LogP contribution in [0.15, 0.2) is 24.5 Å². The van der Waals surface area contributed by atoms with Gasteiger partial charge < -0.3 is 56.4 Å². The van der Waals surface area contributed by atoms with E-state index in [1.165, 1.54) is 0 Å². The normalized spacial score (nSPS) is 22.9. The molecule has 3 rings (SSSR count). The fraction of sp³-hybridized carbons (Fsp3) is 0.733. The van der Waals surface area contributed by atoms with E-state index in [0.29, 0.717) is 31.2 Å². The summed E-state index contributed by atoms with van der Waals surface area (Å²) in [6.07, 6.45) is -10.1.